The molecule has 3 atom stereocenters. The molecule has 0 spiro atoms. The normalized spacial score (nSPS) is 19.1. The molecular formula is C29H33FN2O3. The molecule has 2 aromatic carbocycles. The molecule has 0 radical (unpaired) electrons. The van der Waals surface area contributed by atoms with Gasteiger partial charge in [0.1, 0.15) is 17.7 Å². The average molecular weight is 477 g/mol. The van der Waals surface area contributed by atoms with Crippen LogP contribution < -0.4 is 9.47 Å². The minimum absolute atomic E-state index is 0.105. The lowest BCUT2D eigenvalue weighted by Gasteiger charge is -2.37. The molecule has 0 amide bonds. The Labute approximate surface area is 206 Å². The summed E-state index contributed by atoms with van der Waals surface area (Å²) >= 11 is 0. The predicted molar refractivity (Wildman–Crippen MR) is 136 cm³/mol. The summed E-state index contributed by atoms with van der Waals surface area (Å²) in [6.07, 6.45) is 2.67. The molecule has 1 aliphatic heterocycles. The Balaban J connectivity index is 1.34. The number of methoxy groups -OCH3 is 2. The zero-order valence-electron chi connectivity index (χ0n) is 20.4. The van der Waals surface area contributed by atoms with Crippen LogP contribution in [0.3, 0.4) is 0 Å². The van der Waals surface area contributed by atoms with Crippen molar-refractivity contribution in [3.05, 3.63) is 65.9 Å². The summed E-state index contributed by atoms with van der Waals surface area (Å²) in [7, 11) is 3.25. The van der Waals surface area contributed by atoms with E-state index in [0.29, 0.717) is 30.2 Å². The summed E-state index contributed by atoms with van der Waals surface area (Å²) in [6.45, 7) is 2.41. The first kappa shape index (κ1) is 25.0. The minimum Gasteiger partial charge on any atom is -0.497 e. The van der Waals surface area contributed by atoms with Crippen molar-refractivity contribution < 1.29 is 19.0 Å². The average Bonchev–Trinajstić information content (AvgIpc) is 2.91. The van der Waals surface area contributed by atoms with Crippen molar-refractivity contribution in [2.45, 2.75) is 25.4 Å². The van der Waals surface area contributed by atoms with Gasteiger partial charge in [-0.25, -0.2) is 4.39 Å². The number of pyridine rings is 1. The fourth-order valence-electron chi connectivity index (χ4n) is 4.94. The van der Waals surface area contributed by atoms with Gasteiger partial charge < -0.3 is 14.6 Å². The maximum Gasteiger partial charge on any atom is 0.134 e. The fourth-order valence-corrected chi connectivity index (χ4v) is 4.94. The molecule has 0 bridgehead atoms. The van der Waals surface area contributed by atoms with E-state index >= 15 is 4.39 Å². The Hall–Kier alpha value is -3.14. The standard InChI is InChI=1S/C29H33FN2O3/c1-34-24-10-12-28-26(18-24)25(13-15-31-28)27(30)11-9-21-14-17-32(19-23(21)20-33)16-5-7-22-6-3-4-8-29(22)35-2/h3-4,6,8,10,12-13,15,18,21,23,27,33H,9,11,14,16-17,19-20H2,1-2H3/t21-,23-,27-/m1/s1. The van der Waals surface area contributed by atoms with E-state index in [-0.39, 0.29) is 12.5 Å². The summed E-state index contributed by atoms with van der Waals surface area (Å²) in [5.74, 6) is 8.32. The van der Waals surface area contributed by atoms with E-state index in [1.165, 1.54) is 0 Å². The number of fused-ring (bicyclic) bond motifs is 1. The van der Waals surface area contributed by atoms with Crippen molar-refractivity contribution in [1.82, 2.24) is 9.88 Å². The van der Waals surface area contributed by atoms with Gasteiger partial charge in [-0.1, -0.05) is 24.0 Å². The number of aromatic nitrogens is 1. The number of ether oxygens (including phenoxy) is 2. The Morgan fingerprint density at radius 3 is 2.80 bits per heavy atom. The van der Waals surface area contributed by atoms with Crippen molar-refractivity contribution in [2.75, 3.05) is 40.5 Å². The predicted octanol–water partition coefficient (Wildman–Crippen LogP) is 5.02. The highest BCUT2D eigenvalue weighted by atomic mass is 19.1. The highest BCUT2D eigenvalue weighted by Crippen LogP contribution is 2.35. The number of alkyl halides is 1. The van der Waals surface area contributed by atoms with Gasteiger partial charge in [0.05, 0.1) is 31.8 Å². The lowest BCUT2D eigenvalue weighted by molar-refractivity contribution is 0.0708. The van der Waals surface area contributed by atoms with Gasteiger partial charge in [-0.3, -0.25) is 9.88 Å². The summed E-state index contributed by atoms with van der Waals surface area (Å²) < 4.78 is 26.1. The Kier molecular flexibility index (Phi) is 8.57. The van der Waals surface area contributed by atoms with Gasteiger partial charge in [-0.2, -0.15) is 0 Å². The molecule has 1 aliphatic rings. The van der Waals surface area contributed by atoms with Crippen LogP contribution in [0.15, 0.2) is 54.7 Å². The number of aliphatic hydroxyl groups excluding tert-OH is 1. The molecule has 184 valence electrons. The number of rotatable bonds is 8. The third kappa shape index (κ3) is 6.11. The zero-order chi connectivity index (χ0) is 24.6. The van der Waals surface area contributed by atoms with Crippen molar-refractivity contribution in [2.24, 2.45) is 11.8 Å². The van der Waals surface area contributed by atoms with E-state index < -0.39 is 6.17 Å². The molecule has 1 aromatic heterocycles. The molecule has 0 aliphatic carbocycles. The van der Waals surface area contributed by atoms with Crippen LogP contribution in [0.4, 0.5) is 4.39 Å². The SMILES string of the molecule is COc1ccc2nccc([C@H](F)CC[C@@H]3CCN(CC#Cc4ccccc4OC)C[C@@H]3CO)c2c1. The van der Waals surface area contributed by atoms with Crippen LogP contribution in [0, 0.1) is 23.7 Å². The van der Waals surface area contributed by atoms with Gasteiger partial charge in [0.15, 0.2) is 0 Å². The molecule has 1 fully saturated rings. The van der Waals surface area contributed by atoms with Gasteiger partial charge >= 0.3 is 0 Å². The topological polar surface area (TPSA) is 54.8 Å². The molecule has 1 N–H and O–H groups in total. The molecule has 6 heteroatoms. The van der Waals surface area contributed by atoms with Crippen molar-refractivity contribution >= 4 is 10.9 Å². The quantitative estimate of drug-likeness (QED) is 0.463. The monoisotopic (exact) mass is 476 g/mol. The number of piperidine rings is 1. The second-order valence-electron chi connectivity index (χ2n) is 9.06. The summed E-state index contributed by atoms with van der Waals surface area (Å²) in [6, 6.07) is 15.0. The molecular weight excluding hydrogens is 443 g/mol. The first-order valence-electron chi connectivity index (χ1n) is 12.1. The van der Waals surface area contributed by atoms with E-state index in [1.807, 2.05) is 42.5 Å². The van der Waals surface area contributed by atoms with E-state index in [2.05, 4.69) is 21.7 Å². The molecule has 4 rings (SSSR count). The Morgan fingerprint density at radius 1 is 1.14 bits per heavy atom. The molecule has 0 unspecified atom stereocenters. The first-order chi connectivity index (χ1) is 17.1. The van der Waals surface area contributed by atoms with Crippen LogP contribution in [0.1, 0.15) is 36.6 Å². The highest BCUT2D eigenvalue weighted by Gasteiger charge is 2.29. The van der Waals surface area contributed by atoms with Gasteiger partial charge in [0, 0.05) is 24.7 Å². The second kappa shape index (κ2) is 12.0. The lowest BCUT2D eigenvalue weighted by Crippen LogP contribution is -2.42. The minimum atomic E-state index is -1.09. The van der Waals surface area contributed by atoms with Gasteiger partial charge in [0.2, 0.25) is 0 Å². The van der Waals surface area contributed by atoms with Gasteiger partial charge in [0.25, 0.3) is 0 Å². The maximum absolute atomic E-state index is 15.4. The maximum atomic E-state index is 15.4. The summed E-state index contributed by atoms with van der Waals surface area (Å²) in [5, 5.41) is 10.8. The Morgan fingerprint density at radius 2 is 2.00 bits per heavy atom. The molecule has 3 aromatic rings. The van der Waals surface area contributed by atoms with E-state index in [9.17, 15) is 5.11 Å². The van der Waals surface area contributed by atoms with Crippen LogP contribution in [0.5, 0.6) is 11.5 Å². The van der Waals surface area contributed by atoms with Crippen LogP contribution in [-0.4, -0.2) is 55.5 Å². The van der Waals surface area contributed by atoms with Crippen LogP contribution >= 0.6 is 0 Å². The highest BCUT2D eigenvalue weighted by molar-refractivity contribution is 5.83. The number of para-hydroxylation sites is 1. The first-order valence-corrected chi connectivity index (χ1v) is 12.1. The van der Waals surface area contributed by atoms with E-state index in [0.717, 1.165) is 48.1 Å². The number of halogens is 1. The summed E-state index contributed by atoms with van der Waals surface area (Å²) in [4.78, 5) is 6.63. The number of hydrogen-bond donors (Lipinski definition) is 1. The largest absolute Gasteiger partial charge is 0.497 e. The molecule has 1 saturated heterocycles. The number of hydrogen-bond acceptors (Lipinski definition) is 5. The third-order valence-electron chi connectivity index (χ3n) is 6.95. The smallest absolute Gasteiger partial charge is 0.134 e. The van der Waals surface area contributed by atoms with Crippen LogP contribution in [0.2, 0.25) is 0 Å². The number of aliphatic hydroxyl groups is 1. The van der Waals surface area contributed by atoms with Crippen molar-refractivity contribution in [3.8, 4) is 23.3 Å². The van der Waals surface area contributed by atoms with E-state index in [1.54, 1.807) is 26.5 Å². The van der Waals surface area contributed by atoms with Gasteiger partial charge in [-0.15, -0.1) is 0 Å². The Bertz CT molecular complexity index is 1190. The second-order valence-corrected chi connectivity index (χ2v) is 9.06. The fraction of sp³-hybridized carbons (Fsp3) is 0.414. The zero-order valence-corrected chi connectivity index (χ0v) is 20.4. The van der Waals surface area contributed by atoms with Crippen molar-refractivity contribution in [3.63, 3.8) is 0 Å². The number of benzene rings is 2. The molecule has 35 heavy (non-hydrogen) atoms. The van der Waals surface area contributed by atoms with E-state index in [4.69, 9.17) is 9.47 Å². The van der Waals surface area contributed by atoms with Crippen LogP contribution in [-0.2, 0) is 0 Å². The van der Waals surface area contributed by atoms with Crippen molar-refractivity contribution in [1.29, 1.82) is 0 Å². The summed E-state index contributed by atoms with van der Waals surface area (Å²) in [5.41, 5.74) is 2.29. The lowest BCUT2D eigenvalue weighted by atomic mass is 9.81. The number of nitrogens with zero attached hydrogens (tertiary/aromatic N) is 2. The third-order valence-corrected chi connectivity index (χ3v) is 6.95. The molecule has 2 heterocycles. The molecule has 5 nitrogen and oxygen atoms in total. The molecule has 0 saturated carbocycles. The number of likely N-dealkylation sites (tertiary alicyclic amines) is 1. The van der Waals surface area contributed by atoms with Crippen LogP contribution in [0.25, 0.3) is 10.9 Å². The van der Waals surface area contributed by atoms with Gasteiger partial charge in [-0.05, 0) is 79.6 Å².